The van der Waals surface area contributed by atoms with Gasteiger partial charge >= 0.3 is 6.18 Å². The minimum absolute atomic E-state index is 0.116. The number of ether oxygens (including phenoxy) is 1. The Morgan fingerprint density at radius 3 is 2.52 bits per heavy atom. The summed E-state index contributed by atoms with van der Waals surface area (Å²) in [5.41, 5.74) is 1.92. The van der Waals surface area contributed by atoms with Crippen molar-refractivity contribution in [2.45, 2.75) is 24.5 Å². The second-order valence-electron chi connectivity index (χ2n) is 7.24. The number of halogens is 3. The van der Waals surface area contributed by atoms with E-state index in [4.69, 9.17) is 4.74 Å². The number of nitrogens with zero attached hydrogens (tertiary/aromatic N) is 1. The van der Waals surface area contributed by atoms with E-state index in [1.54, 1.807) is 44.3 Å². The van der Waals surface area contributed by atoms with E-state index in [1.165, 1.54) is 12.1 Å². The van der Waals surface area contributed by atoms with Gasteiger partial charge in [-0.05, 0) is 43.2 Å². The van der Waals surface area contributed by atoms with Gasteiger partial charge in [0.15, 0.2) is 9.84 Å². The van der Waals surface area contributed by atoms with Gasteiger partial charge in [0.1, 0.15) is 12.3 Å². The molecule has 176 valence electrons. The molecule has 0 amide bonds. The van der Waals surface area contributed by atoms with Crippen LogP contribution in [0.4, 0.5) is 24.5 Å². The molecule has 6 nitrogen and oxygen atoms in total. The van der Waals surface area contributed by atoms with Gasteiger partial charge in [-0.15, -0.1) is 0 Å². The van der Waals surface area contributed by atoms with Gasteiger partial charge in [-0.3, -0.25) is 0 Å². The molecule has 3 rings (SSSR count). The Hall–Kier alpha value is -3.32. The van der Waals surface area contributed by atoms with Crippen LogP contribution in [0.5, 0.6) is 5.75 Å². The van der Waals surface area contributed by atoms with Crippen LogP contribution in [0.1, 0.15) is 12.6 Å². The van der Waals surface area contributed by atoms with Crippen LogP contribution in [0.15, 0.2) is 47.4 Å². The molecular formula is C23H24F3N3O3S. The molecule has 0 fully saturated rings. The van der Waals surface area contributed by atoms with Crippen molar-refractivity contribution in [3.63, 3.8) is 0 Å². The molecule has 2 aromatic carbocycles. The molecule has 2 N–H and O–H groups in total. The summed E-state index contributed by atoms with van der Waals surface area (Å²) in [6.07, 6.45) is -3.29. The highest BCUT2D eigenvalue weighted by Gasteiger charge is 2.29. The highest BCUT2D eigenvalue weighted by Crippen LogP contribution is 2.30. The van der Waals surface area contributed by atoms with Crippen LogP contribution in [-0.2, 0) is 16.4 Å². The van der Waals surface area contributed by atoms with Gasteiger partial charge in [-0.25, -0.2) is 8.42 Å². The Balaban J connectivity index is 1.89. The van der Waals surface area contributed by atoms with E-state index >= 15 is 0 Å². The third-order valence-electron chi connectivity index (χ3n) is 4.82. The van der Waals surface area contributed by atoms with E-state index in [-0.39, 0.29) is 17.1 Å². The fraction of sp³-hybridized carbons (Fsp3) is 0.304. The van der Waals surface area contributed by atoms with Gasteiger partial charge in [0.05, 0.1) is 34.9 Å². The van der Waals surface area contributed by atoms with Crippen LogP contribution in [0.2, 0.25) is 0 Å². The quantitative estimate of drug-likeness (QED) is 0.488. The lowest BCUT2D eigenvalue weighted by molar-refractivity contribution is -0.140. The van der Waals surface area contributed by atoms with E-state index in [2.05, 4.69) is 22.5 Å². The second-order valence-corrected chi connectivity index (χ2v) is 9.25. The number of nitrogens with one attached hydrogen (secondary N) is 2. The third-order valence-corrected chi connectivity index (χ3v) is 5.93. The van der Waals surface area contributed by atoms with Crippen molar-refractivity contribution in [1.29, 1.82) is 0 Å². The van der Waals surface area contributed by atoms with Crippen LogP contribution in [0, 0.1) is 11.8 Å². The molecule has 3 aromatic rings. The fourth-order valence-corrected chi connectivity index (χ4v) is 4.02. The number of rotatable bonds is 7. The van der Waals surface area contributed by atoms with Gasteiger partial charge in [-0.2, -0.15) is 13.2 Å². The van der Waals surface area contributed by atoms with Crippen LogP contribution >= 0.6 is 0 Å². The molecule has 33 heavy (non-hydrogen) atoms. The molecule has 1 aromatic heterocycles. The predicted molar refractivity (Wildman–Crippen MR) is 124 cm³/mol. The lowest BCUT2D eigenvalue weighted by atomic mass is 10.2. The van der Waals surface area contributed by atoms with Crippen molar-refractivity contribution in [1.82, 2.24) is 4.57 Å². The molecule has 0 atom stereocenters. The Kier molecular flexibility index (Phi) is 7.12. The molecule has 1 heterocycles. The summed E-state index contributed by atoms with van der Waals surface area (Å²) in [6, 6.07) is 11.2. The number of anilines is 2. The number of benzene rings is 2. The Labute approximate surface area is 190 Å². The van der Waals surface area contributed by atoms with Crippen molar-refractivity contribution >= 4 is 32.1 Å². The van der Waals surface area contributed by atoms with Crippen molar-refractivity contribution < 1.29 is 26.3 Å². The molecule has 0 radical (unpaired) electrons. The van der Waals surface area contributed by atoms with Crippen molar-refractivity contribution in [3.8, 4) is 17.6 Å². The van der Waals surface area contributed by atoms with E-state index in [1.807, 2.05) is 0 Å². The van der Waals surface area contributed by atoms with E-state index < -0.39 is 22.6 Å². The van der Waals surface area contributed by atoms with Gasteiger partial charge in [0, 0.05) is 30.4 Å². The number of alkyl halides is 3. The van der Waals surface area contributed by atoms with Gasteiger partial charge in [-0.1, -0.05) is 12.0 Å². The Morgan fingerprint density at radius 1 is 1.12 bits per heavy atom. The number of aromatic nitrogens is 1. The van der Waals surface area contributed by atoms with Crippen LogP contribution in [-0.4, -0.2) is 45.6 Å². The topological polar surface area (TPSA) is 72.4 Å². The minimum atomic E-state index is -4.40. The maximum Gasteiger partial charge on any atom is 0.406 e. The van der Waals surface area contributed by atoms with Crippen LogP contribution in [0.3, 0.4) is 0 Å². The second kappa shape index (κ2) is 9.67. The minimum Gasteiger partial charge on any atom is -0.492 e. The highest BCUT2D eigenvalue weighted by atomic mass is 32.2. The van der Waals surface area contributed by atoms with Crippen molar-refractivity contribution in [3.05, 3.63) is 48.2 Å². The number of sulfone groups is 1. The fourth-order valence-electron chi connectivity index (χ4n) is 3.38. The average Bonchev–Trinajstić information content (AvgIpc) is 3.07. The van der Waals surface area contributed by atoms with E-state index in [0.717, 1.165) is 10.8 Å². The van der Waals surface area contributed by atoms with Crippen LogP contribution < -0.4 is 15.4 Å². The summed E-state index contributed by atoms with van der Waals surface area (Å²) in [6.45, 7) is 1.07. The smallest absolute Gasteiger partial charge is 0.406 e. The van der Waals surface area contributed by atoms with Gasteiger partial charge < -0.3 is 19.9 Å². The first kappa shape index (κ1) is 24.3. The zero-order valence-electron chi connectivity index (χ0n) is 18.4. The summed E-state index contributed by atoms with van der Waals surface area (Å²) in [4.78, 5) is 0.125. The molecule has 0 aliphatic carbocycles. The molecule has 0 aliphatic rings. The maximum absolute atomic E-state index is 13.2. The summed E-state index contributed by atoms with van der Waals surface area (Å²) < 4.78 is 69.8. The van der Waals surface area contributed by atoms with Gasteiger partial charge in [0.2, 0.25) is 0 Å². The van der Waals surface area contributed by atoms with E-state index in [9.17, 15) is 21.6 Å². The zero-order chi connectivity index (χ0) is 24.2. The summed E-state index contributed by atoms with van der Waals surface area (Å²) >= 11 is 0. The zero-order valence-corrected chi connectivity index (χ0v) is 19.2. The number of fused-ring (bicyclic) bond motifs is 1. The third kappa shape index (κ3) is 5.93. The Morgan fingerprint density at radius 2 is 1.88 bits per heavy atom. The molecule has 0 aliphatic heterocycles. The molecular weight excluding hydrogens is 455 g/mol. The molecule has 0 spiro atoms. The molecule has 0 unspecified atom stereocenters. The lowest BCUT2D eigenvalue weighted by Crippen LogP contribution is -2.18. The highest BCUT2D eigenvalue weighted by molar-refractivity contribution is 7.90. The Bertz CT molecular complexity index is 1320. The number of hydrogen-bond acceptors (Lipinski definition) is 5. The lowest BCUT2D eigenvalue weighted by Gasteiger charge is -2.12. The first-order valence-electron chi connectivity index (χ1n) is 10.1. The van der Waals surface area contributed by atoms with Crippen molar-refractivity contribution in [2.75, 3.05) is 37.1 Å². The van der Waals surface area contributed by atoms with Crippen molar-refractivity contribution in [2.24, 2.45) is 0 Å². The largest absolute Gasteiger partial charge is 0.492 e. The van der Waals surface area contributed by atoms with Crippen LogP contribution in [0.25, 0.3) is 10.9 Å². The first-order valence-corrected chi connectivity index (χ1v) is 12.0. The summed E-state index contributed by atoms with van der Waals surface area (Å²) in [7, 11) is -1.69. The monoisotopic (exact) mass is 479 g/mol. The molecule has 0 saturated carbocycles. The summed E-state index contributed by atoms with van der Waals surface area (Å²) in [5, 5.41) is 6.67. The van der Waals surface area contributed by atoms with Gasteiger partial charge in [0.25, 0.3) is 0 Å². The summed E-state index contributed by atoms with van der Waals surface area (Å²) in [5.74, 6) is 6.02. The first-order chi connectivity index (χ1) is 15.5. The maximum atomic E-state index is 13.2. The molecule has 0 saturated heterocycles. The van der Waals surface area contributed by atoms with E-state index in [0.29, 0.717) is 34.6 Å². The number of hydrogen-bond donors (Lipinski definition) is 2. The predicted octanol–water partition coefficient (Wildman–Crippen LogP) is 4.51. The SMILES string of the molecule is CCOc1cc(S(C)(=O)=O)ccc1NCC#Cc1cc2c(NC)cccc2n1CC(F)(F)F. The molecule has 10 heteroatoms. The normalized spacial score (nSPS) is 11.7. The molecule has 0 bridgehead atoms. The average molecular weight is 480 g/mol. The standard InChI is InChI=1S/C23H24F3N3O3S/c1-4-32-22-14-17(33(3,30)31)10-11-20(22)28-12-6-7-16-13-18-19(27-2)8-5-9-21(18)29(16)15-23(24,25)26/h5,8-11,13-14,27-28H,4,12,15H2,1-3H3.